The molecule has 0 bridgehead atoms. The number of rotatable bonds is 5. The number of amides is 1. The molecule has 0 fully saturated rings. The zero-order valence-corrected chi connectivity index (χ0v) is 11.8. The predicted molar refractivity (Wildman–Crippen MR) is 68.9 cm³/mol. The first-order valence-electron chi connectivity index (χ1n) is 5.57. The SMILES string of the molecule is CSc1ncc(CNC(=O)C(C)C(C)(C)O)nn1. The molecule has 0 radical (unpaired) electrons. The smallest absolute Gasteiger partial charge is 0.226 e. The van der Waals surface area contributed by atoms with E-state index in [0.717, 1.165) is 0 Å². The minimum absolute atomic E-state index is 0.224. The Balaban J connectivity index is 2.52. The van der Waals surface area contributed by atoms with E-state index in [4.69, 9.17) is 0 Å². The number of nitrogens with zero attached hydrogens (tertiary/aromatic N) is 3. The molecule has 0 saturated heterocycles. The largest absolute Gasteiger partial charge is 0.390 e. The van der Waals surface area contributed by atoms with Gasteiger partial charge in [0.1, 0.15) is 5.69 Å². The van der Waals surface area contributed by atoms with Gasteiger partial charge in [-0.05, 0) is 20.1 Å². The summed E-state index contributed by atoms with van der Waals surface area (Å²) < 4.78 is 0. The third kappa shape index (κ3) is 4.23. The second-order valence-electron chi connectivity index (χ2n) is 4.53. The highest BCUT2D eigenvalue weighted by atomic mass is 32.2. The summed E-state index contributed by atoms with van der Waals surface area (Å²) in [6.07, 6.45) is 3.44. The summed E-state index contributed by atoms with van der Waals surface area (Å²) >= 11 is 1.41. The van der Waals surface area contributed by atoms with Crippen molar-refractivity contribution in [2.75, 3.05) is 6.26 Å². The van der Waals surface area contributed by atoms with E-state index in [2.05, 4.69) is 20.5 Å². The Bertz CT molecular complexity index is 402. The normalized spacial score (nSPS) is 13.2. The molecule has 6 nitrogen and oxygen atoms in total. The van der Waals surface area contributed by atoms with Crippen LogP contribution in [0.4, 0.5) is 0 Å². The van der Waals surface area contributed by atoms with Crippen molar-refractivity contribution in [2.24, 2.45) is 5.92 Å². The molecule has 2 N–H and O–H groups in total. The van der Waals surface area contributed by atoms with E-state index in [9.17, 15) is 9.90 Å². The van der Waals surface area contributed by atoms with Crippen molar-refractivity contribution >= 4 is 17.7 Å². The Kier molecular flexibility index (Phi) is 5.03. The van der Waals surface area contributed by atoms with E-state index >= 15 is 0 Å². The van der Waals surface area contributed by atoms with Crippen LogP contribution in [0.15, 0.2) is 11.4 Å². The summed E-state index contributed by atoms with van der Waals surface area (Å²) in [5.74, 6) is -0.720. The van der Waals surface area contributed by atoms with E-state index in [1.807, 2.05) is 6.26 Å². The van der Waals surface area contributed by atoms with Gasteiger partial charge in [-0.1, -0.05) is 18.7 Å². The topological polar surface area (TPSA) is 88.0 Å². The van der Waals surface area contributed by atoms with Crippen LogP contribution in [0.25, 0.3) is 0 Å². The fourth-order valence-electron chi connectivity index (χ4n) is 1.11. The lowest BCUT2D eigenvalue weighted by Crippen LogP contribution is -2.41. The van der Waals surface area contributed by atoms with Crippen molar-refractivity contribution in [1.82, 2.24) is 20.5 Å². The molecule has 1 amide bonds. The number of aliphatic hydroxyl groups is 1. The molecule has 7 heteroatoms. The first kappa shape index (κ1) is 14.8. The predicted octanol–water partition coefficient (Wildman–Crippen LogP) is 0.617. The van der Waals surface area contributed by atoms with Crippen molar-refractivity contribution in [3.63, 3.8) is 0 Å². The summed E-state index contributed by atoms with van der Waals surface area (Å²) in [6.45, 7) is 5.14. The highest BCUT2D eigenvalue weighted by Crippen LogP contribution is 2.15. The Labute approximate surface area is 111 Å². The van der Waals surface area contributed by atoms with Crippen molar-refractivity contribution < 1.29 is 9.90 Å². The molecule has 0 spiro atoms. The van der Waals surface area contributed by atoms with Gasteiger partial charge in [0.25, 0.3) is 0 Å². The van der Waals surface area contributed by atoms with Crippen LogP contribution in [-0.4, -0.2) is 38.1 Å². The number of carbonyl (C=O) groups excluding carboxylic acids is 1. The van der Waals surface area contributed by atoms with Crippen LogP contribution in [-0.2, 0) is 11.3 Å². The zero-order chi connectivity index (χ0) is 13.8. The Hall–Kier alpha value is -1.21. The van der Waals surface area contributed by atoms with Gasteiger partial charge in [-0.3, -0.25) is 4.79 Å². The second-order valence-corrected chi connectivity index (χ2v) is 5.30. The van der Waals surface area contributed by atoms with E-state index in [0.29, 0.717) is 10.9 Å². The van der Waals surface area contributed by atoms with Crippen LogP contribution in [0, 0.1) is 5.92 Å². The molecular formula is C11H18N4O2S. The van der Waals surface area contributed by atoms with Crippen molar-refractivity contribution in [1.29, 1.82) is 0 Å². The molecule has 1 aromatic heterocycles. The minimum Gasteiger partial charge on any atom is -0.390 e. The van der Waals surface area contributed by atoms with Crippen LogP contribution in [0.3, 0.4) is 0 Å². The molecule has 0 aromatic carbocycles. The number of thioether (sulfide) groups is 1. The quantitative estimate of drug-likeness (QED) is 0.762. The lowest BCUT2D eigenvalue weighted by molar-refractivity contribution is -0.131. The van der Waals surface area contributed by atoms with Crippen molar-refractivity contribution in [2.45, 2.75) is 38.1 Å². The van der Waals surface area contributed by atoms with Gasteiger partial charge in [0.2, 0.25) is 11.1 Å². The Morgan fingerprint density at radius 1 is 1.56 bits per heavy atom. The molecule has 1 aromatic rings. The van der Waals surface area contributed by atoms with E-state index < -0.39 is 11.5 Å². The molecule has 0 aliphatic carbocycles. The van der Waals surface area contributed by atoms with Gasteiger partial charge in [0.15, 0.2) is 0 Å². The fraction of sp³-hybridized carbons (Fsp3) is 0.636. The average Bonchev–Trinajstić information content (AvgIpc) is 2.34. The van der Waals surface area contributed by atoms with Crippen molar-refractivity contribution in [3.8, 4) is 0 Å². The highest BCUT2D eigenvalue weighted by Gasteiger charge is 2.28. The van der Waals surface area contributed by atoms with Crippen LogP contribution in [0.1, 0.15) is 26.5 Å². The number of aromatic nitrogens is 3. The van der Waals surface area contributed by atoms with Gasteiger partial charge < -0.3 is 10.4 Å². The lowest BCUT2D eigenvalue weighted by atomic mass is 9.92. The zero-order valence-electron chi connectivity index (χ0n) is 11.0. The molecule has 18 heavy (non-hydrogen) atoms. The number of carbonyl (C=O) groups is 1. The maximum Gasteiger partial charge on any atom is 0.226 e. The molecule has 100 valence electrons. The average molecular weight is 270 g/mol. The van der Waals surface area contributed by atoms with E-state index in [1.54, 1.807) is 27.0 Å². The molecule has 1 unspecified atom stereocenters. The van der Waals surface area contributed by atoms with Gasteiger partial charge in [-0.2, -0.15) is 0 Å². The summed E-state index contributed by atoms with van der Waals surface area (Å²) in [5, 5.41) is 20.8. The summed E-state index contributed by atoms with van der Waals surface area (Å²) in [5.41, 5.74) is -0.458. The van der Waals surface area contributed by atoms with Gasteiger partial charge in [-0.25, -0.2) is 4.98 Å². The van der Waals surface area contributed by atoms with Crippen LogP contribution < -0.4 is 5.32 Å². The minimum atomic E-state index is -1.04. The van der Waals surface area contributed by atoms with E-state index in [-0.39, 0.29) is 12.5 Å². The Morgan fingerprint density at radius 3 is 2.67 bits per heavy atom. The Morgan fingerprint density at radius 2 is 2.22 bits per heavy atom. The van der Waals surface area contributed by atoms with Gasteiger partial charge in [-0.15, -0.1) is 10.2 Å². The molecule has 0 aliphatic heterocycles. The highest BCUT2D eigenvalue weighted by molar-refractivity contribution is 7.98. The molecule has 1 rings (SSSR count). The van der Waals surface area contributed by atoms with Crippen LogP contribution >= 0.6 is 11.8 Å². The number of hydrogen-bond acceptors (Lipinski definition) is 6. The van der Waals surface area contributed by atoms with Gasteiger partial charge >= 0.3 is 0 Å². The third-order valence-corrected chi connectivity index (χ3v) is 3.22. The fourth-order valence-corrected chi connectivity index (χ4v) is 1.40. The number of hydrogen-bond donors (Lipinski definition) is 2. The summed E-state index contributed by atoms with van der Waals surface area (Å²) in [7, 11) is 0. The van der Waals surface area contributed by atoms with Crippen LogP contribution in [0.2, 0.25) is 0 Å². The first-order chi connectivity index (χ1) is 8.34. The van der Waals surface area contributed by atoms with Crippen LogP contribution in [0.5, 0.6) is 0 Å². The summed E-state index contributed by atoms with van der Waals surface area (Å²) in [6, 6.07) is 0. The molecule has 0 aliphatic rings. The second kappa shape index (κ2) is 6.10. The third-order valence-electron chi connectivity index (χ3n) is 2.67. The lowest BCUT2D eigenvalue weighted by Gasteiger charge is -2.24. The molecule has 1 heterocycles. The van der Waals surface area contributed by atoms with Gasteiger partial charge in [0, 0.05) is 0 Å². The molecular weight excluding hydrogens is 252 g/mol. The molecule has 0 saturated carbocycles. The number of nitrogens with one attached hydrogen (secondary N) is 1. The summed E-state index contributed by atoms with van der Waals surface area (Å²) in [4.78, 5) is 15.8. The molecule has 1 atom stereocenters. The first-order valence-corrected chi connectivity index (χ1v) is 6.79. The standard InChI is InChI=1S/C11H18N4O2S/c1-7(11(2,3)17)9(16)12-5-8-6-13-10(18-4)15-14-8/h6-7,17H,5H2,1-4H3,(H,12,16). The maximum absolute atomic E-state index is 11.7. The van der Waals surface area contributed by atoms with Crippen molar-refractivity contribution in [3.05, 3.63) is 11.9 Å². The van der Waals surface area contributed by atoms with Gasteiger partial charge in [0.05, 0.1) is 24.3 Å². The monoisotopic (exact) mass is 270 g/mol. The van der Waals surface area contributed by atoms with E-state index in [1.165, 1.54) is 11.8 Å². The maximum atomic E-state index is 11.7.